The van der Waals surface area contributed by atoms with E-state index in [1.165, 1.54) is 25.9 Å². The molecule has 1 aromatic carbocycles. The number of nitrogens with zero attached hydrogens (tertiary/aromatic N) is 1. The van der Waals surface area contributed by atoms with E-state index in [0.717, 1.165) is 18.0 Å². The van der Waals surface area contributed by atoms with Crippen molar-refractivity contribution in [2.24, 2.45) is 0 Å². The maximum absolute atomic E-state index is 5.63. The lowest BCUT2D eigenvalue weighted by Gasteiger charge is -2.10. The molecule has 0 aliphatic carbocycles. The highest BCUT2D eigenvalue weighted by Gasteiger charge is 2.08. The highest BCUT2D eigenvalue weighted by atomic mass is 16.5. The van der Waals surface area contributed by atoms with Crippen molar-refractivity contribution in [3.63, 3.8) is 0 Å². The standard InChI is InChI=1S/C15H21NO2/c1-17-14-7-6-8-15(13-14)18-12-5-4-11-16-9-2-3-10-16/h4-8,13H,2-3,9-12H2,1H3/b5-4+. The van der Waals surface area contributed by atoms with Gasteiger partial charge < -0.3 is 9.47 Å². The van der Waals surface area contributed by atoms with Crippen molar-refractivity contribution in [3.05, 3.63) is 36.4 Å². The molecule has 0 N–H and O–H groups in total. The number of benzene rings is 1. The van der Waals surface area contributed by atoms with Crippen molar-refractivity contribution in [1.82, 2.24) is 4.90 Å². The van der Waals surface area contributed by atoms with Crippen molar-refractivity contribution < 1.29 is 9.47 Å². The van der Waals surface area contributed by atoms with Crippen molar-refractivity contribution in [2.45, 2.75) is 12.8 Å². The molecule has 0 aromatic heterocycles. The second-order valence-corrected chi connectivity index (χ2v) is 4.47. The lowest BCUT2D eigenvalue weighted by molar-refractivity contribution is 0.352. The Labute approximate surface area is 109 Å². The summed E-state index contributed by atoms with van der Waals surface area (Å²) in [5, 5.41) is 0. The van der Waals surface area contributed by atoms with E-state index < -0.39 is 0 Å². The van der Waals surface area contributed by atoms with Crippen molar-refractivity contribution in [3.8, 4) is 11.5 Å². The van der Waals surface area contributed by atoms with Gasteiger partial charge >= 0.3 is 0 Å². The van der Waals surface area contributed by atoms with Crippen LogP contribution in [-0.4, -0.2) is 38.3 Å². The molecule has 2 rings (SSSR count). The molecule has 3 heteroatoms. The molecule has 0 saturated carbocycles. The fourth-order valence-electron chi connectivity index (χ4n) is 2.09. The maximum atomic E-state index is 5.63. The van der Waals surface area contributed by atoms with Crippen LogP contribution in [0.1, 0.15) is 12.8 Å². The van der Waals surface area contributed by atoms with Gasteiger partial charge in [0, 0.05) is 12.6 Å². The summed E-state index contributed by atoms with van der Waals surface area (Å²) in [6.07, 6.45) is 6.95. The number of hydrogen-bond donors (Lipinski definition) is 0. The smallest absolute Gasteiger partial charge is 0.123 e. The molecule has 0 bridgehead atoms. The molecule has 0 atom stereocenters. The summed E-state index contributed by atoms with van der Waals surface area (Å²) in [5.74, 6) is 1.67. The highest BCUT2D eigenvalue weighted by Crippen LogP contribution is 2.18. The molecule has 1 fully saturated rings. The minimum absolute atomic E-state index is 0.612. The van der Waals surface area contributed by atoms with Crippen LogP contribution in [0.5, 0.6) is 11.5 Å². The first kappa shape index (κ1) is 13.0. The number of ether oxygens (including phenoxy) is 2. The fourth-order valence-corrected chi connectivity index (χ4v) is 2.09. The molecule has 1 aliphatic rings. The molecule has 0 radical (unpaired) electrons. The zero-order chi connectivity index (χ0) is 12.6. The number of rotatable bonds is 6. The molecular weight excluding hydrogens is 226 g/mol. The molecule has 98 valence electrons. The lowest BCUT2D eigenvalue weighted by atomic mass is 10.3. The zero-order valence-electron chi connectivity index (χ0n) is 11.0. The van der Waals surface area contributed by atoms with E-state index >= 15 is 0 Å². The van der Waals surface area contributed by atoms with Crippen molar-refractivity contribution >= 4 is 0 Å². The predicted molar refractivity (Wildman–Crippen MR) is 73.3 cm³/mol. The minimum Gasteiger partial charge on any atom is -0.497 e. The molecule has 0 spiro atoms. The van der Waals surface area contributed by atoms with Crippen molar-refractivity contribution in [2.75, 3.05) is 33.4 Å². The Morgan fingerprint density at radius 3 is 2.72 bits per heavy atom. The topological polar surface area (TPSA) is 21.7 Å². The van der Waals surface area contributed by atoms with Crippen LogP contribution >= 0.6 is 0 Å². The first-order valence-corrected chi connectivity index (χ1v) is 6.53. The molecule has 1 aliphatic heterocycles. The van der Waals surface area contributed by atoms with E-state index in [1.54, 1.807) is 7.11 Å². The molecule has 3 nitrogen and oxygen atoms in total. The molecule has 1 heterocycles. The van der Waals surface area contributed by atoms with Crippen molar-refractivity contribution in [1.29, 1.82) is 0 Å². The molecular formula is C15H21NO2. The van der Waals surface area contributed by atoms with Gasteiger partial charge in [-0.15, -0.1) is 0 Å². The van der Waals surface area contributed by atoms with Gasteiger partial charge in [-0.1, -0.05) is 18.2 Å². The summed E-state index contributed by atoms with van der Waals surface area (Å²) in [6, 6.07) is 7.68. The Morgan fingerprint density at radius 2 is 1.94 bits per heavy atom. The Balaban J connectivity index is 1.68. The summed E-state index contributed by atoms with van der Waals surface area (Å²) in [7, 11) is 1.66. The average molecular weight is 247 g/mol. The number of hydrogen-bond acceptors (Lipinski definition) is 3. The summed E-state index contributed by atoms with van der Waals surface area (Å²) < 4.78 is 10.8. The second kappa shape index (κ2) is 7.07. The zero-order valence-corrected chi connectivity index (χ0v) is 11.0. The third kappa shape index (κ3) is 4.08. The van der Waals surface area contributed by atoms with Crippen LogP contribution in [0.15, 0.2) is 36.4 Å². The van der Waals surface area contributed by atoms with Gasteiger partial charge in [0.25, 0.3) is 0 Å². The quantitative estimate of drug-likeness (QED) is 0.721. The largest absolute Gasteiger partial charge is 0.497 e. The lowest BCUT2D eigenvalue weighted by Crippen LogP contribution is -2.18. The maximum Gasteiger partial charge on any atom is 0.123 e. The van der Waals surface area contributed by atoms with Gasteiger partial charge in [-0.2, -0.15) is 0 Å². The SMILES string of the molecule is COc1cccc(OC/C=C/CN2CCCC2)c1. The third-order valence-corrected chi connectivity index (χ3v) is 3.12. The van der Waals surface area contributed by atoms with E-state index in [0.29, 0.717) is 6.61 Å². The number of methoxy groups -OCH3 is 1. The van der Waals surface area contributed by atoms with Gasteiger partial charge in [0.2, 0.25) is 0 Å². The van der Waals surface area contributed by atoms with Gasteiger partial charge in [-0.25, -0.2) is 0 Å². The van der Waals surface area contributed by atoms with Gasteiger partial charge in [-0.3, -0.25) is 4.90 Å². The van der Waals surface area contributed by atoms with Gasteiger partial charge in [0.1, 0.15) is 18.1 Å². The predicted octanol–water partition coefficient (Wildman–Crippen LogP) is 2.73. The Kier molecular flexibility index (Phi) is 5.09. The van der Waals surface area contributed by atoms with Crippen LogP contribution in [0.3, 0.4) is 0 Å². The number of likely N-dealkylation sites (tertiary alicyclic amines) is 1. The Hall–Kier alpha value is -1.48. The van der Waals surface area contributed by atoms with E-state index in [1.807, 2.05) is 24.3 Å². The molecule has 0 amide bonds. The van der Waals surface area contributed by atoms with Crippen LogP contribution in [0.2, 0.25) is 0 Å². The molecule has 18 heavy (non-hydrogen) atoms. The first-order valence-electron chi connectivity index (χ1n) is 6.53. The van der Waals surface area contributed by atoms with E-state index in [9.17, 15) is 0 Å². The van der Waals surface area contributed by atoms with Gasteiger partial charge in [0.15, 0.2) is 0 Å². The third-order valence-electron chi connectivity index (χ3n) is 3.12. The summed E-state index contributed by atoms with van der Waals surface area (Å²) in [5.41, 5.74) is 0. The van der Waals surface area contributed by atoms with Crippen LogP contribution in [-0.2, 0) is 0 Å². The average Bonchev–Trinajstić information content (AvgIpc) is 2.92. The summed E-state index contributed by atoms with van der Waals surface area (Å²) >= 11 is 0. The van der Waals surface area contributed by atoms with Gasteiger partial charge in [0.05, 0.1) is 7.11 Å². The monoisotopic (exact) mass is 247 g/mol. The molecule has 0 unspecified atom stereocenters. The Bertz CT molecular complexity index is 384. The van der Waals surface area contributed by atoms with E-state index in [4.69, 9.17) is 9.47 Å². The van der Waals surface area contributed by atoms with Crippen LogP contribution in [0.25, 0.3) is 0 Å². The summed E-state index contributed by atoms with van der Waals surface area (Å²) in [4.78, 5) is 2.46. The minimum atomic E-state index is 0.612. The Morgan fingerprint density at radius 1 is 1.17 bits per heavy atom. The van der Waals surface area contributed by atoms with E-state index in [2.05, 4.69) is 17.1 Å². The highest BCUT2D eigenvalue weighted by molar-refractivity contribution is 5.32. The fraction of sp³-hybridized carbons (Fsp3) is 0.467. The van der Waals surface area contributed by atoms with Crippen LogP contribution < -0.4 is 9.47 Å². The normalized spacial score (nSPS) is 16.3. The molecule has 1 saturated heterocycles. The molecule has 1 aromatic rings. The van der Waals surface area contributed by atoms with Crippen LogP contribution in [0.4, 0.5) is 0 Å². The first-order chi connectivity index (χ1) is 8.88. The van der Waals surface area contributed by atoms with Crippen LogP contribution in [0, 0.1) is 0 Å². The second-order valence-electron chi connectivity index (χ2n) is 4.47. The summed E-state index contributed by atoms with van der Waals surface area (Å²) in [6.45, 7) is 4.13. The van der Waals surface area contributed by atoms with Gasteiger partial charge in [-0.05, 0) is 38.1 Å². The van der Waals surface area contributed by atoms with E-state index in [-0.39, 0.29) is 0 Å².